The first kappa shape index (κ1) is 10.6. The zero-order valence-corrected chi connectivity index (χ0v) is 8.37. The lowest BCUT2D eigenvalue weighted by molar-refractivity contribution is 0.156. The van der Waals surface area contributed by atoms with E-state index in [-0.39, 0.29) is 11.9 Å². The zero-order chi connectivity index (χ0) is 9.68. The summed E-state index contributed by atoms with van der Waals surface area (Å²) >= 11 is 1.50. The molecule has 0 heterocycles. The average molecular weight is 198 g/mol. The third-order valence-corrected chi connectivity index (χ3v) is 3.14. The lowest BCUT2D eigenvalue weighted by atomic mass is 10.3. The van der Waals surface area contributed by atoms with E-state index in [0.717, 1.165) is 4.90 Å². The molecule has 0 spiro atoms. The van der Waals surface area contributed by atoms with E-state index in [0.29, 0.717) is 0 Å². The van der Waals surface area contributed by atoms with Gasteiger partial charge >= 0.3 is 0 Å². The van der Waals surface area contributed by atoms with Crippen LogP contribution in [0.3, 0.4) is 0 Å². The van der Waals surface area contributed by atoms with Crippen LogP contribution in [0.5, 0.6) is 0 Å². The van der Waals surface area contributed by atoms with Crippen molar-refractivity contribution < 1.29 is 10.2 Å². The molecule has 1 aromatic carbocycles. The molecular formula is C10H14O2S. The number of hydrogen-bond donors (Lipinski definition) is 2. The summed E-state index contributed by atoms with van der Waals surface area (Å²) in [4.78, 5) is 1.07. The Balaban J connectivity index is 2.57. The van der Waals surface area contributed by atoms with E-state index < -0.39 is 6.10 Å². The summed E-state index contributed by atoms with van der Waals surface area (Å²) in [5.41, 5.74) is 0. The van der Waals surface area contributed by atoms with Gasteiger partial charge in [-0.2, -0.15) is 0 Å². The molecule has 0 aliphatic rings. The summed E-state index contributed by atoms with van der Waals surface area (Å²) < 4.78 is 0. The van der Waals surface area contributed by atoms with Crippen molar-refractivity contribution in [1.29, 1.82) is 0 Å². The topological polar surface area (TPSA) is 40.5 Å². The minimum absolute atomic E-state index is 0.00275. The van der Waals surface area contributed by atoms with Gasteiger partial charge in [-0.25, -0.2) is 0 Å². The fourth-order valence-electron chi connectivity index (χ4n) is 0.962. The quantitative estimate of drug-likeness (QED) is 0.721. The van der Waals surface area contributed by atoms with Crippen LogP contribution in [0.15, 0.2) is 35.2 Å². The van der Waals surface area contributed by atoms with Crippen LogP contribution >= 0.6 is 11.8 Å². The van der Waals surface area contributed by atoms with Crippen LogP contribution in [0, 0.1) is 0 Å². The molecule has 13 heavy (non-hydrogen) atoms. The van der Waals surface area contributed by atoms with Crippen LogP contribution in [0.1, 0.15) is 6.92 Å². The molecule has 72 valence electrons. The zero-order valence-electron chi connectivity index (χ0n) is 7.55. The maximum absolute atomic E-state index is 9.29. The molecule has 0 saturated carbocycles. The Kier molecular flexibility index (Phi) is 4.28. The Morgan fingerprint density at radius 2 is 1.92 bits per heavy atom. The molecule has 2 N–H and O–H groups in total. The van der Waals surface area contributed by atoms with Crippen molar-refractivity contribution in [1.82, 2.24) is 0 Å². The van der Waals surface area contributed by atoms with Gasteiger partial charge in [-0.15, -0.1) is 11.8 Å². The van der Waals surface area contributed by atoms with Crippen LogP contribution in [-0.2, 0) is 0 Å². The SMILES string of the molecule is C[C@@H](O)[C@@H](CO)Sc1ccccc1. The first-order valence-corrected chi connectivity index (χ1v) is 5.12. The molecule has 1 rings (SSSR count). The highest BCUT2D eigenvalue weighted by molar-refractivity contribution is 8.00. The maximum atomic E-state index is 9.29. The predicted molar refractivity (Wildman–Crippen MR) is 54.9 cm³/mol. The Hall–Kier alpha value is -0.510. The Bertz CT molecular complexity index is 236. The largest absolute Gasteiger partial charge is 0.395 e. The molecule has 0 radical (unpaired) electrons. The van der Waals surface area contributed by atoms with Crippen molar-refractivity contribution in [2.45, 2.75) is 23.2 Å². The molecule has 3 heteroatoms. The minimum atomic E-state index is -0.491. The normalized spacial score (nSPS) is 15.3. The molecule has 0 unspecified atom stereocenters. The monoisotopic (exact) mass is 198 g/mol. The molecule has 0 saturated heterocycles. The van der Waals surface area contributed by atoms with Gasteiger partial charge in [0.2, 0.25) is 0 Å². The number of aliphatic hydroxyl groups excluding tert-OH is 2. The van der Waals surface area contributed by atoms with E-state index in [1.54, 1.807) is 6.92 Å². The molecule has 0 aromatic heterocycles. The summed E-state index contributed by atoms with van der Waals surface area (Å²) in [7, 11) is 0. The summed E-state index contributed by atoms with van der Waals surface area (Å²) in [5, 5.41) is 18.1. The van der Waals surface area contributed by atoms with Gasteiger partial charge in [0.25, 0.3) is 0 Å². The number of rotatable bonds is 4. The van der Waals surface area contributed by atoms with Crippen LogP contribution in [-0.4, -0.2) is 28.2 Å². The van der Waals surface area contributed by atoms with Gasteiger partial charge in [-0.05, 0) is 19.1 Å². The second-order valence-electron chi connectivity index (χ2n) is 2.89. The van der Waals surface area contributed by atoms with E-state index >= 15 is 0 Å². The van der Waals surface area contributed by atoms with Gasteiger partial charge < -0.3 is 10.2 Å². The molecule has 2 atom stereocenters. The number of aliphatic hydroxyl groups is 2. The van der Waals surface area contributed by atoms with Crippen LogP contribution in [0.2, 0.25) is 0 Å². The fourth-order valence-corrected chi connectivity index (χ4v) is 1.90. The number of thioether (sulfide) groups is 1. The van der Waals surface area contributed by atoms with Crippen molar-refractivity contribution in [3.05, 3.63) is 30.3 Å². The molecular weight excluding hydrogens is 184 g/mol. The molecule has 2 nitrogen and oxygen atoms in total. The maximum Gasteiger partial charge on any atom is 0.0656 e. The Labute approximate surface area is 82.6 Å². The summed E-state index contributed by atoms with van der Waals surface area (Å²) in [6, 6.07) is 9.77. The van der Waals surface area contributed by atoms with Gasteiger partial charge in [0.05, 0.1) is 18.0 Å². The first-order valence-electron chi connectivity index (χ1n) is 4.24. The highest BCUT2D eigenvalue weighted by Gasteiger charge is 2.14. The lowest BCUT2D eigenvalue weighted by Gasteiger charge is -2.16. The second-order valence-corrected chi connectivity index (χ2v) is 4.21. The van der Waals surface area contributed by atoms with Gasteiger partial charge in [0, 0.05) is 4.90 Å². The molecule has 1 aromatic rings. The standard InChI is InChI=1S/C10H14O2S/c1-8(12)10(7-11)13-9-5-3-2-4-6-9/h2-6,8,10-12H,7H2,1H3/t8-,10-/m1/s1. The van der Waals surface area contributed by atoms with Crippen molar-refractivity contribution in [3.8, 4) is 0 Å². The molecule has 0 fully saturated rings. The molecule has 0 bridgehead atoms. The van der Waals surface area contributed by atoms with Gasteiger partial charge in [-0.1, -0.05) is 18.2 Å². The predicted octanol–water partition coefficient (Wildman–Crippen LogP) is 1.52. The highest BCUT2D eigenvalue weighted by atomic mass is 32.2. The number of hydrogen-bond acceptors (Lipinski definition) is 3. The summed E-state index contributed by atoms with van der Waals surface area (Å²) in [5.74, 6) is 0. The van der Waals surface area contributed by atoms with E-state index in [1.165, 1.54) is 11.8 Å². The van der Waals surface area contributed by atoms with Gasteiger partial charge in [0.15, 0.2) is 0 Å². The Morgan fingerprint density at radius 3 is 2.38 bits per heavy atom. The first-order chi connectivity index (χ1) is 6.24. The molecule has 0 aliphatic carbocycles. The minimum Gasteiger partial charge on any atom is -0.395 e. The summed E-state index contributed by atoms with van der Waals surface area (Å²) in [6.45, 7) is 1.69. The molecule has 0 amide bonds. The third kappa shape index (κ3) is 3.38. The van der Waals surface area contributed by atoms with Crippen molar-refractivity contribution in [3.63, 3.8) is 0 Å². The highest BCUT2D eigenvalue weighted by Crippen LogP contribution is 2.24. The smallest absolute Gasteiger partial charge is 0.0656 e. The van der Waals surface area contributed by atoms with Crippen molar-refractivity contribution >= 4 is 11.8 Å². The van der Waals surface area contributed by atoms with E-state index in [1.807, 2.05) is 30.3 Å². The fraction of sp³-hybridized carbons (Fsp3) is 0.400. The van der Waals surface area contributed by atoms with Crippen molar-refractivity contribution in [2.75, 3.05) is 6.61 Å². The summed E-state index contributed by atoms with van der Waals surface area (Å²) in [6.07, 6.45) is -0.491. The van der Waals surface area contributed by atoms with E-state index in [2.05, 4.69) is 0 Å². The van der Waals surface area contributed by atoms with Crippen molar-refractivity contribution in [2.24, 2.45) is 0 Å². The van der Waals surface area contributed by atoms with Crippen LogP contribution in [0.4, 0.5) is 0 Å². The van der Waals surface area contributed by atoms with Crippen LogP contribution in [0.25, 0.3) is 0 Å². The average Bonchev–Trinajstić information content (AvgIpc) is 2.15. The van der Waals surface area contributed by atoms with E-state index in [4.69, 9.17) is 5.11 Å². The lowest BCUT2D eigenvalue weighted by Crippen LogP contribution is -2.23. The Morgan fingerprint density at radius 1 is 1.31 bits per heavy atom. The second kappa shape index (κ2) is 5.27. The van der Waals surface area contributed by atoms with Crippen LogP contribution < -0.4 is 0 Å². The molecule has 0 aliphatic heterocycles. The van der Waals surface area contributed by atoms with E-state index in [9.17, 15) is 5.11 Å². The van der Waals surface area contributed by atoms with Gasteiger partial charge in [0.1, 0.15) is 0 Å². The number of benzene rings is 1. The third-order valence-electron chi connectivity index (χ3n) is 1.75. The van der Waals surface area contributed by atoms with Gasteiger partial charge in [-0.3, -0.25) is 0 Å².